The number of ether oxygens (including phenoxy) is 1. The zero-order valence-electron chi connectivity index (χ0n) is 29.0. The van der Waals surface area contributed by atoms with Crippen molar-refractivity contribution in [2.24, 2.45) is 0 Å². The summed E-state index contributed by atoms with van der Waals surface area (Å²) in [5, 5.41) is 52.8. The Kier molecular flexibility index (Phi) is 13.3. The van der Waals surface area contributed by atoms with Gasteiger partial charge in [-0.3, -0.25) is 9.78 Å². The molecule has 1 amide bonds. The van der Waals surface area contributed by atoms with Crippen molar-refractivity contribution in [1.29, 1.82) is 0 Å². The third-order valence-electron chi connectivity index (χ3n) is 10.1. The Bertz CT molecular complexity index is 1570. The number of aromatic nitrogens is 1. The van der Waals surface area contributed by atoms with E-state index in [9.17, 15) is 25.2 Å². The number of amides is 1. The monoisotopic (exact) mass is 709 g/mol. The van der Waals surface area contributed by atoms with Gasteiger partial charge in [-0.05, 0) is 91.3 Å². The number of hydrogen-bond acceptors (Lipinski definition) is 9. The van der Waals surface area contributed by atoms with Crippen molar-refractivity contribution in [3.8, 4) is 16.9 Å². The van der Waals surface area contributed by atoms with Crippen LogP contribution in [0, 0.1) is 0 Å². The molecule has 3 aromatic rings. The fourth-order valence-corrected chi connectivity index (χ4v) is 6.61. The van der Waals surface area contributed by atoms with E-state index in [1.807, 2.05) is 24.5 Å². The Morgan fingerprint density at radius 1 is 1.02 bits per heavy atom. The van der Waals surface area contributed by atoms with Crippen LogP contribution in [0.1, 0.15) is 87.3 Å². The van der Waals surface area contributed by atoms with E-state index >= 15 is 0 Å². The second-order valence-corrected chi connectivity index (χ2v) is 14.5. The zero-order valence-corrected chi connectivity index (χ0v) is 29.8. The molecule has 2 fully saturated rings. The lowest BCUT2D eigenvalue weighted by Crippen LogP contribution is -2.46. The average molecular weight is 710 g/mol. The number of aliphatic hydroxyl groups excluding tert-OH is 5. The van der Waals surface area contributed by atoms with Crippen molar-refractivity contribution in [2.45, 2.75) is 113 Å². The lowest BCUT2D eigenvalue weighted by molar-refractivity contribution is -0.133. The van der Waals surface area contributed by atoms with Gasteiger partial charge in [0.25, 0.3) is 0 Å². The molecule has 0 aliphatic heterocycles. The quantitative estimate of drug-likeness (QED) is 0.0919. The first kappa shape index (κ1) is 38.1. The minimum Gasteiger partial charge on any atom is -0.490 e. The first-order chi connectivity index (χ1) is 24.0. The number of nitrogens with one attached hydrogen (secondary N) is 1. The molecular formula is C39H52ClN3O7. The van der Waals surface area contributed by atoms with Gasteiger partial charge in [0, 0.05) is 55.1 Å². The molecule has 0 saturated heterocycles. The van der Waals surface area contributed by atoms with Crippen molar-refractivity contribution in [1.82, 2.24) is 15.2 Å². The van der Waals surface area contributed by atoms with E-state index < -0.39 is 31.0 Å². The lowest BCUT2D eigenvalue weighted by Gasteiger charge is -2.26. The van der Waals surface area contributed by atoms with Crippen molar-refractivity contribution in [3.63, 3.8) is 0 Å². The summed E-state index contributed by atoms with van der Waals surface area (Å²) in [5.74, 6) is 1.04. The van der Waals surface area contributed by atoms with Crippen LogP contribution in [0.3, 0.4) is 0 Å². The van der Waals surface area contributed by atoms with Gasteiger partial charge in [-0.1, -0.05) is 55.3 Å². The molecule has 5 atom stereocenters. The van der Waals surface area contributed by atoms with Crippen LogP contribution in [-0.2, 0) is 16.9 Å². The fraction of sp³-hybridized carbons (Fsp3) is 0.538. The van der Waals surface area contributed by atoms with Crippen LogP contribution in [-0.4, -0.2) is 92.0 Å². The highest BCUT2D eigenvalue weighted by molar-refractivity contribution is 6.31. The summed E-state index contributed by atoms with van der Waals surface area (Å²) in [5.41, 5.74) is 5.53. The molecule has 6 N–H and O–H groups in total. The first-order valence-corrected chi connectivity index (χ1v) is 18.2. The molecule has 2 aliphatic carbocycles. The van der Waals surface area contributed by atoms with Gasteiger partial charge in [-0.25, -0.2) is 0 Å². The van der Waals surface area contributed by atoms with E-state index in [1.54, 1.807) is 11.9 Å². The van der Waals surface area contributed by atoms with E-state index in [0.717, 1.165) is 72.4 Å². The van der Waals surface area contributed by atoms with Gasteiger partial charge in [-0.15, -0.1) is 0 Å². The Balaban J connectivity index is 1.11. The molecule has 0 bridgehead atoms. The molecule has 1 aromatic heterocycles. The number of pyridine rings is 1. The van der Waals surface area contributed by atoms with Gasteiger partial charge in [0.2, 0.25) is 5.91 Å². The molecule has 2 aliphatic rings. The number of benzene rings is 2. The molecule has 50 heavy (non-hydrogen) atoms. The van der Waals surface area contributed by atoms with Gasteiger partial charge in [0.05, 0.1) is 18.8 Å². The third-order valence-corrected chi connectivity index (χ3v) is 10.5. The maximum atomic E-state index is 12.6. The van der Waals surface area contributed by atoms with Crippen molar-refractivity contribution < 1.29 is 35.1 Å². The normalized spacial score (nSPS) is 18.2. The minimum absolute atomic E-state index is 0.0137. The SMILES string of the molecule is CC(CCCCN(C)C(=O)CC[C@H](O)[C@@H](O)[C@H](O)[C@H](O)CO)c1ccc(Cl)c(CNC2(c3cnccc3-c3ccccc3OC3CC3)CC2)c1. The largest absolute Gasteiger partial charge is 0.490 e. The number of halogens is 1. The second kappa shape index (κ2) is 17.4. The predicted octanol–water partition coefficient (Wildman–Crippen LogP) is 4.67. The summed E-state index contributed by atoms with van der Waals surface area (Å²) >= 11 is 6.72. The van der Waals surface area contributed by atoms with E-state index in [4.69, 9.17) is 21.4 Å². The molecule has 272 valence electrons. The van der Waals surface area contributed by atoms with Crippen LogP contribution in [0.4, 0.5) is 0 Å². The summed E-state index contributed by atoms with van der Waals surface area (Å²) in [7, 11) is 1.71. The number of carbonyl (C=O) groups is 1. The smallest absolute Gasteiger partial charge is 0.222 e. The Morgan fingerprint density at radius 3 is 2.48 bits per heavy atom. The Hall–Kier alpha value is -3.09. The van der Waals surface area contributed by atoms with Crippen LogP contribution < -0.4 is 10.1 Å². The number of aliphatic hydroxyl groups is 5. The average Bonchev–Trinajstić information content (AvgIpc) is 4.08. The lowest BCUT2D eigenvalue weighted by atomic mass is 9.93. The molecule has 2 saturated carbocycles. The van der Waals surface area contributed by atoms with Crippen LogP contribution in [0.5, 0.6) is 5.75 Å². The van der Waals surface area contributed by atoms with E-state index in [1.165, 1.54) is 11.1 Å². The third kappa shape index (κ3) is 9.82. The Labute approximate surface area is 300 Å². The van der Waals surface area contributed by atoms with Gasteiger partial charge in [0.1, 0.15) is 24.1 Å². The summed E-state index contributed by atoms with van der Waals surface area (Å²) < 4.78 is 6.27. The molecule has 0 radical (unpaired) electrons. The summed E-state index contributed by atoms with van der Waals surface area (Å²) in [6.45, 7) is 2.65. The van der Waals surface area contributed by atoms with Crippen LogP contribution in [0.15, 0.2) is 60.9 Å². The highest BCUT2D eigenvalue weighted by Gasteiger charge is 2.46. The van der Waals surface area contributed by atoms with Gasteiger partial charge in [0.15, 0.2) is 0 Å². The topological polar surface area (TPSA) is 156 Å². The standard InChI is InChI=1S/C39H52ClN3O7/c1-25(7-5-6-20-43(2)36(47)15-14-33(45)37(48)38(49)34(46)24-44)26-10-13-32(40)27(21-26)22-42-39(17-18-39)31-23-41-19-16-29(31)30-8-3-4-9-35(30)50-28-11-12-28/h3-4,8-10,13,16,19,21,23,25,28,33-34,37-38,42,44-46,48-49H,5-7,11-12,14-15,17-18,20,22,24H2,1-2H3/t25?,33-,34+,37+,38+/m0/s1. The van der Waals surface area contributed by atoms with E-state index in [0.29, 0.717) is 25.1 Å². The first-order valence-electron chi connectivity index (χ1n) is 17.8. The number of unbranched alkanes of at least 4 members (excludes halogenated alkanes) is 1. The molecule has 11 heteroatoms. The van der Waals surface area contributed by atoms with Gasteiger partial charge >= 0.3 is 0 Å². The second-order valence-electron chi connectivity index (χ2n) is 14.1. The number of hydrogen-bond donors (Lipinski definition) is 6. The highest BCUT2D eigenvalue weighted by Crippen LogP contribution is 2.50. The van der Waals surface area contributed by atoms with E-state index in [-0.39, 0.29) is 24.3 Å². The summed E-state index contributed by atoms with van der Waals surface area (Å²) in [6, 6.07) is 16.6. The zero-order chi connectivity index (χ0) is 35.8. The number of rotatable bonds is 20. The van der Waals surface area contributed by atoms with E-state index in [2.05, 4.69) is 53.6 Å². The van der Waals surface area contributed by atoms with Gasteiger partial charge in [-0.2, -0.15) is 0 Å². The molecular weight excluding hydrogens is 658 g/mol. The van der Waals surface area contributed by atoms with Crippen LogP contribution in [0.2, 0.25) is 5.02 Å². The highest BCUT2D eigenvalue weighted by atomic mass is 35.5. The molecule has 5 rings (SSSR count). The van der Waals surface area contributed by atoms with Crippen molar-refractivity contribution in [2.75, 3.05) is 20.2 Å². The summed E-state index contributed by atoms with van der Waals surface area (Å²) in [4.78, 5) is 18.7. The maximum absolute atomic E-state index is 12.6. The predicted molar refractivity (Wildman–Crippen MR) is 193 cm³/mol. The maximum Gasteiger partial charge on any atom is 0.222 e. The fourth-order valence-electron chi connectivity index (χ4n) is 6.42. The summed E-state index contributed by atoms with van der Waals surface area (Å²) in [6.07, 6.45) is 4.64. The Morgan fingerprint density at radius 2 is 1.76 bits per heavy atom. The minimum atomic E-state index is -1.70. The molecule has 1 heterocycles. The molecule has 2 aromatic carbocycles. The molecule has 1 unspecified atom stereocenters. The van der Waals surface area contributed by atoms with Crippen molar-refractivity contribution in [3.05, 3.63) is 82.6 Å². The number of carbonyl (C=O) groups excluding carboxylic acids is 1. The number of nitrogens with zero attached hydrogens (tertiary/aromatic N) is 2. The van der Waals surface area contributed by atoms with Crippen LogP contribution in [0.25, 0.3) is 11.1 Å². The van der Waals surface area contributed by atoms with Crippen molar-refractivity contribution >= 4 is 17.5 Å². The van der Waals surface area contributed by atoms with Gasteiger partial charge < -0.3 is 40.5 Å². The molecule has 0 spiro atoms. The number of para-hydroxylation sites is 1. The van der Waals surface area contributed by atoms with Crippen LogP contribution >= 0.6 is 11.6 Å². The molecule has 10 nitrogen and oxygen atoms in total.